The zero-order valence-corrected chi connectivity index (χ0v) is 11.2. The Labute approximate surface area is 107 Å². The van der Waals surface area contributed by atoms with Gasteiger partial charge < -0.3 is 5.32 Å². The van der Waals surface area contributed by atoms with Crippen LogP contribution >= 0.6 is 23.2 Å². The van der Waals surface area contributed by atoms with Crippen LogP contribution in [0.4, 0.5) is 0 Å². The van der Waals surface area contributed by atoms with Gasteiger partial charge in [0.05, 0.1) is 0 Å². The van der Waals surface area contributed by atoms with Crippen LogP contribution in [0.2, 0.25) is 10.0 Å². The summed E-state index contributed by atoms with van der Waals surface area (Å²) >= 11 is 12.6. The summed E-state index contributed by atoms with van der Waals surface area (Å²) in [6, 6.07) is 5.77. The van der Waals surface area contributed by atoms with E-state index >= 15 is 0 Å². The molecule has 1 fully saturated rings. The maximum Gasteiger partial charge on any atom is 0.0459 e. The Bertz CT molecular complexity index is 358. The Hall–Kier alpha value is -0.240. The smallest absolute Gasteiger partial charge is 0.0459 e. The van der Waals surface area contributed by atoms with Crippen molar-refractivity contribution in [1.82, 2.24) is 5.32 Å². The van der Waals surface area contributed by atoms with Crippen molar-refractivity contribution in [1.29, 1.82) is 0 Å². The average Bonchev–Trinajstić information content (AvgIpc) is 2.15. The number of nitrogens with one attached hydrogen (secondary N) is 1. The maximum absolute atomic E-state index is 6.30. The molecule has 88 valence electrons. The van der Waals surface area contributed by atoms with Crippen LogP contribution in [0.15, 0.2) is 18.2 Å². The highest BCUT2D eigenvalue weighted by molar-refractivity contribution is 6.36. The quantitative estimate of drug-likeness (QED) is 0.867. The molecule has 1 aromatic rings. The fourth-order valence-electron chi connectivity index (χ4n) is 3.05. The second-order valence-corrected chi connectivity index (χ2v) is 5.74. The Morgan fingerprint density at radius 2 is 1.88 bits per heavy atom. The van der Waals surface area contributed by atoms with E-state index in [1.165, 1.54) is 0 Å². The molecule has 1 aliphatic carbocycles. The predicted octanol–water partition coefficient (Wildman–Crippen LogP) is 3.88. The standard InChI is InChI=1S/C13H17Cl2N/c1-9-6-13(7-9,8-16-2)12-10(14)4-3-5-11(12)15/h3-5,9,16H,6-8H2,1-2H3. The normalized spacial score (nSPS) is 28.9. The van der Waals surface area contributed by atoms with Crippen LogP contribution in [0.1, 0.15) is 25.3 Å². The number of rotatable bonds is 3. The summed E-state index contributed by atoms with van der Waals surface area (Å²) in [6.45, 7) is 3.22. The van der Waals surface area contributed by atoms with Crippen LogP contribution in [0.25, 0.3) is 0 Å². The first-order chi connectivity index (χ1) is 7.59. The minimum atomic E-state index is 0.142. The topological polar surface area (TPSA) is 12.0 Å². The first-order valence-corrected chi connectivity index (χ1v) is 6.44. The van der Waals surface area contributed by atoms with Crippen LogP contribution < -0.4 is 5.32 Å². The monoisotopic (exact) mass is 257 g/mol. The lowest BCUT2D eigenvalue weighted by Crippen LogP contribution is -2.47. The van der Waals surface area contributed by atoms with E-state index in [0.29, 0.717) is 0 Å². The zero-order valence-electron chi connectivity index (χ0n) is 9.69. The number of halogens is 2. The lowest BCUT2D eigenvalue weighted by molar-refractivity contribution is 0.156. The van der Waals surface area contributed by atoms with Gasteiger partial charge in [0.2, 0.25) is 0 Å². The highest BCUT2D eigenvalue weighted by atomic mass is 35.5. The van der Waals surface area contributed by atoms with E-state index in [0.717, 1.165) is 40.9 Å². The number of hydrogen-bond acceptors (Lipinski definition) is 1. The number of likely N-dealkylation sites (N-methyl/N-ethyl adjacent to an activating group) is 1. The number of benzene rings is 1. The minimum absolute atomic E-state index is 0.142. The summed E-state index contributed by atoms with van der Waals surface area (Å²) < 4.78 is 0. The van der Waals surface area contributed by atoms with Crippen molar-refractivity contribution in [3.05, 3.63) is 33.8 Å². The molecule has 2 rings (SSSR count). The van der Waals surface area contributed by atoms with E-state index in [2.05, 4.69) is 12.2 Å². The second kappa shape index (κ2) is 4.56. The molecule has 1 N–H and O–H groups in total. The van der Waals surface area contributed by atoms with Gasteiger partial charge in [0, 0.05) is 22.0 Å². The molecular formula is C13H17Cl2N. The molecule has 0 saturated heterocycles. The molecule has 0 atom stereocenters. The minimum Gasteiger partial charge on any atom is -0.319 e. The summed E-state index contributed by atoms with van der Waals surface area (Å²) in [5.74, 6) is 0.765. The summed E-state index contributed by atoms with van der Waals surface area (Å²) in [7, 11) is 1.98. The van der Waals surface area contributed by atoms with Gasteiger partial charge in [-0.15, -0.1) is 0 Å². The zero-order chi connectivity index (χ0) is 11.8. The van der Waals surface area contributed by atoms with Gasteiger partial charge in [0.1, 0.15) is 0 Å². The Kier molecular flexibility index (Phi) is 3.48. The van der Waals surface area contributed by atoms with Crippen molar-refractivity contribution in [2.24, 2.45) is 5.92 Å². The molecule has 0 heterocycles. The molecule has 1 saturated carbocycles. The largest absolute Gasteiger partial charge is 0.319 e. The van der Waals surface area contributed by atoms with E-state index < -0.39 is 0 Å². The highest BCUT2D eigenvalue weighted by Gasteiger charge is 2.45. The van der Waals surface area contributed by atoms with Crippen LogP contribution in [-0.4, -0.2) is 13.6 Å². The fraction of sp³-hybridized carbons (Fsp3) is 0.538. The van der Waals surface area contributed by atoms with Crippen LogP contribution in [0.5, 0.6) is 0 Å². The fourth-order valence-corrected chi connectivity index (χ4v) is 3.85. The highest BCUT2D eigenvalue weighted by Crippen LogP contribution is 2.51. The first kappa shape index (κ1) is 12.2. The summed E-state index contributed by atoms with van der Waals surface area (Å²) in [4.78, 5) is 0. The van der Waals surface area contributed by atoms with Crippen molar-refractivity contribution in [3.63, 3.8) is 0 Å². The molecule has 0 radical (unpaired) electrons. The Morgan fingerprint density at radius 3 is 2.31 bits per heavy atom. The van der Waals surface area contributed by atoms with Crippen molar-refractivity contribution < 1.29 is 0 Å². The molecule has 0 aromatic heterocycles. The third-order valence-electron chi connectivity index (χ3n) is 3.49. The third kappa shape index (κ3) is 1.97. The average molecular weight is 258 g/mol. The summed E-state index contributed by atoms with van der Waals surface area (Å²) in [5, 5.41) is 4.87. The van der Waals surface area contributed by atoms with Crippen molar-refractivity contribution in [2.75, 3.05) is 13.6 Å². The van der Waals surface area contributed by atoms with Crippen LogP contribution in [0.3, 0.4) is 0 Å². The van der Waals surface area contributed by atoms with Crippen molar-refractivity contribution in [2.45, 2.75) is 25.2 Å². The van der Waals surface area contributed by atoms with E-state index in [1.807, 2.05) is 25.2 Å². The molecule has 0 aliphatic heterocycles. The Morgan fingerprint density at radius 1 is 1.31 bits per heavy atom. The van der Waals surface area contributed by atoms with Gasteiger partial charge in [-0.25, -0.2) is 0 Å². The van der Waals surface area contributed by atoms with E-state index in [-0.39, 0.29) is 5.41 Å². The molecule has 0 unspecified atom stereocenters. The molecule has 16 heavy (non-hydrogen) atoms. The predicted molar refractivity (Wildman–Crippen MR) is 70.5 cm³/mol. The van der Waals surface area contributed by atoms with Crippen LogP contribution in [0, 0.1) is 5.92 Å². The van der Waals surface area contributed by atoms with Gasteiger partial charge in [0.25, 0.3) is 0 Å². The van der Waals surface area contributed by atoms with Gasteiger partial charge in [-0.3, -0.25) is 0 Å². The van der Waals surface area contributed by atoms with Crippen molar-refractivity contribution in [3.8, 4) is 0 Å². The lowest BCUT2D eigenvalue weighted by Gasteiger charge is -2.48. The molecule has 3 heteroatoms. The van der Waals surface area contributed by atoms with Gasteiger partial charge >= 0.3 is 0 Å². The lowest BCUT2D eigenvalue weighted by atomic mass is 9.59. The molecule has 1 aromatic carbocycles. The van der Waals surface area contributed by atoms with Gasteiger partial charge in [0.15, 0.2) is 0 Å². The SMILES string of the molecule is CNCC1(c2c(Cl)cccc2Cl)CC(C)C1. The molecule has 0 amide bonds. The third-order valence-corrected chi connectivity index (χ3v) is 4.12. The summed E-state index contributed by atoms with van der Waals surface area (Å²) in [6.07, 6.45) is 2.33. The molecule has 1 aliphatic rings. The van der Waals surface area contributed by atoms with Crippen LogP contribution in [-0.2, 0) is 5.41 Å². The molecule has 0 bridgehead atoms. The summed E-state index contributed by atoms with van der Waals surface area (Å²) in [5.41, 5.74) is 1.27. The van der Waals surface area contributed by atoms with E-state index in [4.69, 9.17) is 23.2 Å². The Balaban J connectivity index is 2.40. The second-order valence-electron chi connectivity index (χ2n) is 4.92. The first-order valence-electron chi connectivity index (χ1n) is 5.68. The molecule has 0 spiro atoms. The van der Waals surface area contributed by atoms with Gasteiger partial charge in [-0.2, -0.15) is 0 Å². The van der Waals surface area contributed by atoms with Crippen molar-refractivity contribution >= 4 is 23.2 Å². The number of hydrogen-bond donors (Lipinski definition) is 1. The molecular weight excluding hydrogens is 241 g/mol. The van der Waals surface area contributed by atoms with E-state index in [1.54, 1.807) is 0 Å². The van der Waals surface area contributed by atoms with Gasteiger partial charge in [-0.1, -0.05) is 36.2 Å². The maximum atomic E-state index is 6.30. The van der Waals surface area contributed by atoms with E-state index in [9.17, 15) is 0 Å². The van der Waals surface area contributed by atoms with Gasteiger partial charge in [-0.05, 0) is 43.5 Å². The molecule has 1 nitrogen and oxygen atoms in total.